The second-order valence-electron chi connectivity index (χ2n) is 12.9. The van der Waals surface area contributed by atoms with Gasteiger partial charge in [0.1, 0.15) is 17.3 Å². The molecular weight excluding hydrogens is 530 g/mol. The number of carboxylic acids is 1. The number of piperidine rings is 1. The maximum absolute atomic E-state index is 13.9. The number of hydrogen-bond donors (Lipinski definition) is 2. The van der Waals surface area contributed by atoms with Crippen molar-refractivity contribution in [2.45, 2.75) is 83.6 Å². The summed E-state index contributed by atoms with van der Waals surface area (Å²) < 4.78 is 6.38. The Morgan fingerprint density at radius 3 is 2.52 bits per heavy atom. The first-order valence-corrected chi connectivity index (χ1v) is 15.1. The smallest absolute Gasteiger partial charge is 0.303 e. The first-order chi connectivity index (χ1) is 20.0. The Morgan fingerprint density at radius 2 is 1.88 bits per heavy atom. The minimum absolute atomic E-state index is 0.0189. The van der Waals surface area contributed by atoms with Crippen LogP contribution in [0.2, 0.25) is 0 Å². The van der Waals surface area contributed by atoms with E-state index in [0.717, 1.165) is 53.9 Å². The molecule has 5 rings (SSSR count). The molecule has 0 spiro atoms. The third kappa shape index (κ3) is 6.59. The summed E-state index contributed by atoms with van der Waals surface area (Å²) in [5.74, 6) is 0.665. The van der Waals surface area contributed by atoms with E-state index in [1.165, 1.54) is 0 Å². The highest BCUT2D eigenvalue weighted by atomic mass is 16.5. The standard InChI is InChI=1S/C33H41N5O4/c1-33(2,3)25-16-24(28(39)20-38-19-23-9-10-26(22-7-8-22)36-30(23)32(38)35)17-27(37-13-11-21(18-34)12-14-37)31(25)42-15-5-4-6-29(40)41/h9-10,16-17,21-22,35H,4-8,11-15,19-20H2,1-3H3,(H,40,41). The number of carboxylic acid groups (broad SMARTS) is 1. The lowest BCUT2D eigenvalue weighted by Gasteiger charge is -2.35. The number of amidine groups is 1. The average Bonchev–Trinajstić information content (AvgIpc) is 3.77. The number of hydrogen-bond acceptors (Lipinski definition) is 7. The SMILES string of the molecule is CC(C)(C)c1cc(C(=O)CN2Cc3ccc(C4CC4)nc3C2=N)cc(N2CCC(C#N)CC2)c1OCCCCC(=O)O. The third-order valence-corrected chi connectivity index (χ3v) is 8.48. The molecule has 2 fully saturated rings. The molecule has 9 heteroatoms. The summed E-state index contributed by atoms with van der Waals surface area (Å²) in [6, 6.07) is 10.3. The van der Waals surface area contributed by atoms with Gasteiger partial charge in [-0.25, -0.2) is 4.98 Å². The van der Waals surface area contributed by atoms with Gasteiger partial charge in [-0.3, -0.25) is 15.0 Å². The van der Waals surface area contributed by atoms with Crippen molar-refractivity contribution in [3.63, 3.8) is 0 Å². The Morgan fingerprint density at radius 1 is 1.14 bits per heavy atom. The Bertz CT molecular complexity index is 1410. The van der Waals surface area contributed by atoms with E-state index >= 15 is 0 Å². The van der Waals surface area contributed by atoms with Gasteiger partial charge in [-0.2, -0.15) is 5.26 Å². The third-order valence-electron chi connectivity index (χ3n) is 8.48. The number of nitriles is 1. The van der Waals surface area contributed by atoms with Gasteiger partial charge in [0.05, 0.1) is 24.9 Å². The molecule has 0 bridgehead atoms. The van der Waals surface area contributed by atoms with Crippen LogP contribution in [-0.4, -0.2) is 58.8 Å². The molecule has 0 amide bonds. The number of carbonyl (C=O) groups is 2. The number of aliphatic carboxylic acids is 1. The number of benzene rings is 1. The molecule has 1 aliphatic carbocycles. The first kappa shape index (κ1) is 29.6. The van der Waals surface area contributed by atoms with Crippen LogP contribution in [0.4, 0.5) is 5.69 Å². The molecule has 2 aliphatic heterocycles. The summed E-state index contributed by atoms with van der Waals surface area (Å²) in [4.78, 5) is 33.6. The number of rotatable bonds is 11. The lowest BCUT2D eigenvalue weighted by molar-refractivity contribution is -0.137. The number of fused-ring (bicyclic) bond motifs is 1. The number of Topliss-reactive ketones (excluding diaryl/α,β-unsaturated/α-hetero) is 1. The maximum atomic E-state index is 13.9. The second kappa shape index (κ2) is 12.1. The van der Waals surface area contributed by atoms with Gasteiger partial charge < -0.3 is 19.6 Å². The zero-order valence-electron chi connectivity index (χ0n) is 24.9. The number of ether oxygens (including phenoxy) is 1. The van der Waals surface area contributed by atoms with Crippen molar-refractivity contribution in [2.75, 3.05) is 31.1 Å². The number of ketones is 1. The van der Waals surface area contributed by atoms with Crippen LogP contribution in [0.1, 0.15) is 105 Å². The number of anilines is 1. The van der Waals surface area contributed by atoms with Crippen LogP contribution >= 0.6 is 0 Å². The monoisotopic (exact) mass is 571 g/mol. The largest absolute Gasteiger partial charge is 0.491 e. The lowest BCUT2D eigenvalue weighted by Crippen LogP contribution is -2.34. The van der Waals surface area contributed by atoms with E-state index in [2.05, 4.69) is 43.9 Å². The first-order valence-electron chi connectivity index (χ1n) is 15.1. The number of unbranched alkanes of at least 4 members (excludes halogenated alkanes) is 1. The van der Waals surface area contributed by atoms with Crippen molar-refractivity contribution in [2.24, 2.45) is 5.92 Å². The van der Waals surface area contributed by atoms with Crippen molar-refractivity contribution in [3.05, 3.63) is 52.3 Å². The second-order valence-corrected chi connectivity index (χ2v) is 12.9. The molecule has 3 heterocycles. The fraction of sp³-hybridized carbons (Fsp3) is 0.545. The number of aromatic nitrogens is 1. The topological polar surface area (TPSA) is 131 Å². The predicted octanol–water partition coefficient (Wildman–Crippen LogP) is 5.65. The van der Waals surface area contributed by atoms with E-state index in [-0.39, 0.29) is 30.1 Å². The molecule has 1 aromatic heterocycles. The fourth-order valence-corrected chi connectivity index (χ4v) is 5.80. The van der Waals surface area contributed by atoms with Crippen LogP contribution in [0.25, 0.3) is 0 Å². The highest BCUT2D eigenvalue weighted by Gasteiger charge is 2.33. The normalized spacial score (nSPS) is 17.2. The molecule has 2 N–H and O–H groups in total. The molecule has 2 aromatic rings. The fourth-order valence-electron chi connectivity index (χ4n) is 5.80. The highest BCUT2D eigenvalue weighted by Crippen LogP contribution is 2.42. The van der Waals surface area contributed by atoms with Crippen LogP contribution < -0.4 is 9.64 Å². The zero-order chi connectivity index (χ0) is 30.0. The molecule has 1 saturated carbocycles. The van der Waals surface area contributed by atoms with Crippen LogP contribution in [0.15, 0.2) is 24.3 Å². The van der Waals surface area contributed by atoms with Crippen LogP contribution in [-0.2, 0) is 16.8 Å². The van der Waals surface area contributed by atoms with Crippen molar-refractivity contribution in [3.8, 4) is 11.8 Å². The Balaban J connectivity index is 1.41. The number of nitrogens with zero attached hydrogens (tertiary/aromatic N) is 4. The van der Waals surface area contributed by atoms with E-state index < -0.39 is 5.97 Å². The number of pyridine rings is 1. The maximum Gasteiger partial charge on any atom is 0.303 e. The van der Waals surface area contributed by atoms with Gasteiger partial charge in [0, 0.05) is 60.3 Å². The van der Waals surface area contributed by atoms with Crippen LogP contribution in [0.5, 0.6) is 5.75 Å². The summed E-state index contributed by atoms with van der Waals surface area (Å²) in [5, 5.41) is 27.2. The van der Waals surface area contributed by atoms with Crippen LogP contribution in [0.3, 0.4) is 0 Å². The van der Waals surface area contributed by atoms with Crippen molar-refractivity contribution >= 4 is 23.3 Å². The number of carbonyl (C=O) groups excluding carboxylic acids is 1. The van der Waals surface area contributed by atoms with Crippen LogP contribution in [0, 0.1) is 22.7 Å². The van der Waals surface area contributed by atoms with Crippen molar-refractivity contribution < 1.29 is 19.4 Å². The van der Waals surface area contributed by atoms with E-state index in [9.17, 15) is 14.9 Å². The van der Waals surface area contributed by atoms with E-state index in [0.29, 0.717) is 62.1 Å². The summed E-state index contributed by atoms with van der Waals surface area (Å²) in [6.45, 7) is 8.62. The molecule has 222 valence electrons. The Kier molecular flexibility index (Phi) is 8.53. The zero-order valence-corrected chi connectivity index (χ0v) is 24.9. The molecule has 0 radical (unpaired) electrons. The molecule has 9 nitrogen and oxygen atoms in total. The summed E-state index contributed by atoms with van der Waals surface area (Å²) in [6.07, 6.45) is 5.03. The van der Waals surface area contributed by atoms with Gasteiger partial charge >= 0.3 is 5.97 Å². The summed E-state index contributed by atoms with van der Waals surface area (Å²) >= 11 is 0. The van der Waals surface area contributed by atoms with E-state index in [4.69, 9.17) is 20.2 Å². The minimum atomic E-state index is -0.817. The summed E-state index contributed by atoms with van der Waals surface area (Å²) in [5.41, 5.74) is 4.73. The van der Waals surface area contributed by atoms with Gasteiger partial charge in [-0.15, -0.1) is 0 Å². The number of nitrogens with one attached hydrogen (secondary N) is 1. The molecule has 1 saturated heterocycles. The lowest BCUT2D eigenvalue weighted by atomic mass is 9.84. The molecule has 0 unspecified atom stereocenters. The Hall–Kier alpha value is -3.93. The van der Waals surface area contributed by atoms with E-state index in [1.54, 1.807) is 4.90 Å². The molecule has 1 aromatic carbocycles. The van der Waals surface area contributed by atoms with Gasteiger partial charge in [0.25, 0.3) is 0 Å². The molecular formula is C33H41N5O4. The molecule has 42 heavy (non-hydrogen) atoms. The quantitative estimate of drug-likeness (QED) is 0.261. The van der Waals surface area contributed by atoms with Crippen molar-refractivity contribution in [1.82, 2.24) is 9.88 Å². The van der Waals surface area contributed by atoms with Gasteiger partial charge in [0.2, 0.25) is 0 Å². The van der Waals surface area contributed by atoms with Gasteiger partial charge in [-0.1, -0.05) is 26.8 Å². The predicted molar refractivity (Wildman–Crippen MR) is 160 cm³/mol. The van der Waals surface area contributed by atoms with Crippen molar-refractivity contribution in [1.29, 1.82) is 10.7 Å². The Labute approximate surface area is 248 Å². The average molecular weight is 572 g/mol. The van der Waals surface area contributed by atoms with Gasteiger partial charge in [-0.05, 0) is 62.1 Å². The summed E-state index contributed by atoms with van der Waals surface area (Å²) in [7, 11) is 0. The molecule has 0 atom stereocenters. The minimum Gasteiger partial charge on any atom is -0.491 e. The molecule has 3 aliphatic rings. The van der Waals surface area contributed by atoms with E-state index in [1.807, 2.05) is 12.1 Å². The highest BCUT2D eigenvalue weighted by molar-refractivity contribution is 6.05. The van der Waals surface area contributed by atoms with Gasteiger partial charge in [0.15, 0.2) is 5.78 Å².